The number of benzene rings is 2. The van der Waals surface area contributed by atoms with Gasteiger partial charge in [-0.1, -0.05) is 0 Å². The van der Waals surface area contributed by atoms with Crippen LogP contribution in [0.1, 0.15) is 18.1 Å². The summed E-state index contributed by atoms with van der Waals surface area (Å²) >= 11 is 0. The summed E-state index contributed by atoms with van der Waals surface area (Å²) in [4.78, 5) is 34.7. The van der Waals surface area contributed by atoms with Crippen molar-refractivity contribution in [3.05, 3.63) is 65.8 Å². The van der Waals surface area contributed by atoms with Crippen LogP contribution in [0.3, 0.4) is 0 Å². The Balaban J connectivity index is 1.86. The zero-order valence-corrected chi connectivity index (χ0v) is 18.1. The smallest absolute Gasteiger partial charge is 0.416 e. The van der Waals surface area contributed by atoms with Crippen LogP contribution in [0.4, 0.5) is 33.7 Å². The van der Waals surface area contributed by atoms with Gasteiger partial charge in [0.05, 0.1) is 11.3 Å². The second kappa shape index (κ2) is 9.33. The van der Waals surface area contributed by atoms with Gasteiger partial charge < -0.3 is 10.5 Å². The molecule has 0 unspecified atom stereocenters. The van der Waals surface area contributed by atoms with Crippen LogP contribution < -0.4 is 20.3 Å². The summed E-state index contributed by atoms with van der Waals surface area (Å²) in [6.45, 7) is 6.29. The normalized spacial score (nSPS) is 14.9. The molecule has 178 valence electrons. The molecule has 2 N–H and O–H groups in total. The first kappa shape index (κ1) is 24.4. The van der Waals surface area contributed by atoms with Crippen molar-refractivity contribution in [1.29, 1.82) is 0 Å². The number of hydrogen-bond donors (Lipinski definition) is 1. The van der Waals surface area contributed by atoms with Gasteiger partial charge >= 0.3 is 12.2 Å². The van der Waals surface area contributed by atoms with Gasteiger partial charge in [-0.05, 0) is 62.4 Å². The monoisotopic (exact) mass is 477 g/mol. The lowest BCUT2D eigenvalue weighted by molar-refractivity contribution is -0.137. The van der Waals surface area contributed by atoms with E-state index in [-0.39, 0.29) is 29.0 Å². The number of rotatable bonds is 5. The first-order chi connectivity index (χ1) is 15.9. The van der Waals surface area contributed by atoms with Gasteiger partial charge in [0.25, 0.3) is 5.91 Å². The van der Waals surface area contributed by atoms with Crippen molar-refractivity contribution in [2.75, 3.05) is 16.3 Å². The minimum atomic E-state index is -4.82. The number of carbonyl (C=O) groups excluding carboxylic acids is 2. The highest BCUT2D eigenvalue weighted by atomic mass is 19.4. The zero-order valence-electron chi connectivity index (χ0n) is 18.1. The summed E-state index contributed by atoms with van der Waals surface area (Å²) in [5, 5.41) is 0. The van der Waals surface area contributed by atoms with E-state index < -0.39 is 36.0 Å². The Labute approximate surface area is 191 Å². The van der Waals surface area contributed by atoms with E-state index in [0.717, 1.165) is 15.9 Å². The highest BCUT2D eigenvalue weighted by Crippen LogP contribution is 2.35. The molecule has 0 bridgehead atoms. The summed E-state index contributed by atoms with van der Waals surface area (Å²) in [5.41, 5.74) is 4.51. The summed E-state index contributed by atoms with van der Waals surface area (Å²) in [5.74, 6) is -1.73. The van der Waals surface area contributed by atoms with E-state index in [4.69, 9.17) is 10.5 Å². The van der Waals surface area contributed by atoms with Crippen molar-refractivity contribution in [3.8, 4) is 5.75 Å². The quantitative estimate of drug-likeness (QED) is 0.227. The molecule has 1 aliphatic heterocycles. The van der Waals surface area contributed by atoms with Gasteiger partial charge in [-0.3, -0.25) is 9.69 Å². The fourth-order valence-electron chi connectivity index (χ4n) is 3.22. The molecule has 0 spiro atoms. The Hall–Kier alpha value is -4.22. The first-order valence-corrected chi connectivity index (χ1v) is 9.73. The molecule has 1 heterocycles. The molecule has 0 atom stereocenters. The van der Waals surface area contributed by atoms with Crippen molar-refractivity contribution in [2.24, 2.45) is 15.7 Å². The third-order valence-corrected chi connectivity index (χ3v) is 4.63. The minimum absolute atomic E-state index is 0.0543. The minimum Gasteiger partial charge on any atom is -0.440 e. The number of nitrogens with two attached hydrogens (primary N) is 1. The maximum Gasteiger partial charge on any atom is 0.416 e. The highest BCUT2D eigenvalue weighted by molar-refractivity contribution is 6.27. The van der Waals surface area contributed by atoms with Crippen LogP contribution in [-0.2, 0) is 11.0 Å². The molecule has 8 nitrogen and oxygen atoms in total. The van der Waals surface area contributed by atoms with E-state index in [1.807, 2.05) is 0 Å². The average molecular weight is 477 g/mol. The van der Waals surface area contributed by atoms with E-state index in [1.54, 1.807) is 13.8 Å². The fraction of sp³-hybridized carbons (Fsp3) is 0.182. The van der Waals surface area contributed by atoms with Gasteiger partial charge in [0.2, 0.25) is 11.8 Å². The number of carbonyl (C=O) groups is 2. The van der Waals surface area contributed by atoms with Crippen molar-refractivity contribution in [3.63, 3.8) is 0 Å². The van der Waals surface area contributed by atoms with Crippen molar-refractivity contribution >= 4 is 35.5 Å². The summed E-state index contributed by atoms with van der Waals surface area (Å²) in [6.07, 6.45) is -3.39. The van der Waals surface area contributed by atoms with E-state index in [9.17, 15) is 27.2 Å². The molecule has 2 aromatic rings. The average Bonchev–Trinajstić information content (AvgIpc) is 3.01. The molecule has 1 saturated heterocycles. The number of anilines is 2. The Morgan fingerprint density at radius 1 is 1.21 bits per heavy atom. The predicted octanol–water partition coefficient (Wildman–Crippen LogP) is 4.38. The number of alkyl halides is 3. The second-order valence-electron chi connectivity index (χ2n) is 7.10. The molecule has 3 amide bonds. The molecule has 0 aromatic heterocycles. The van der Waals surface area contributed by atoms with Crippen LogP contribution in [0, 0.1) is 12.7 Å². The van der Waals surface area contributed by atoms with Gasteiger partial charge in [0.15, 0.2) is 0 Å². The number of halogens is 4. The summed E-state index contributed by atoms with van der Waals surface area (Å²) < 4.78 is 58.4. The number of guanidine groups is 1. The molecule has 0 saturated carbocycles. The summed E-state index contributed by atoms with van der Waals surface area (Å²) in [7, 11) is 0. The maximum atomic E-state index is 13.8. The third-order valence-electron chi connectivity index (χ3n) is 4.63. The van der Waals surface area contributed by atoms with Crippen molar-refractivity contribution in [1.82, 2.24) is 0 Å². The molecular formula is C22H19F4N5O3. The van der Waals surface area contributed by atoms with Crippen LogP contribution in [0.2, 0.25) is 0 Å². The number of aliphatic imine (C=N–C) groups is 2. The SMILES string of the molecule is C=C(/N=C(N)\N=C/C)Oc1ccc(N2C(=O)CN(c3cc(F)cc(C(F)(F)F)c3)C2=O)c(C)c1. The topological polar surface area (TPSA) is 101 Å². The van der Waals surface area contributed by atoms with Crippen molar-refractivity contribution < 1.29 is 31.9 Å². The Kier molecular flexibility index (Phi) is 6.70. The highest BCUT2D eigenvalue weighted by Gasteiger charge is 2.40. The van der Waals surface area contributed by atoms with Crippen molar-refractivity contribution in [2.45, 2.75) is 20.0 Å². The Morgan fingerprint density at radius 3 is 2.53 bits per heavy atom. The first-order valence-electron chi connectivity index (χ1n) is 9.73. The lowest BCUT2D eigenvalue weighted by Gasteiger charge is -2.20. The molecule has 1 fully saturated rings. The number of aryl methyl sites for hydroxylation is 1. The Bertz CT molecular complexity index is 1220. The number of urea groups is 1. The maximum absolute atomic E-state index is 13.8. The van der Waals surface area contributed by atoms with E-state index in [1.165, 1.54) is 24.4 Å². The number of ether oxygens (including phenoxy) is 1. The second-order valence-corrected chi connectivity index (χ2v) is 7.10. The predicted molar refractivity (Wildman–Crippen MR) is 118 cm³/mol. The Morgan fingerprint density at radius 2 is 1.91 bits per heavy atom. The van der Waals surface area contributed by atoms with Gasteiger partial charge in [-0.2, -0.15) is 18.2 Å². The van der Waals surface area contributed by atoms with E-state index in [0.29, 0.717) is 17.7 Å². The van der Waals surface area contributed by atoms with E-state index >= 15 is 0 Å². The number of nitrogens with zero attached hydrogens (tertiary/aromatic N) is 4. The van der Waals surface area contributed by atoms with Crippen LogP contribution >= 0.6 is 0 Å². The van der Waals surface area contributed by atoms with Gasteiger partial charge in [-0.25, -0.2) is 19.1 Å². The molecule has 3 rings (SSSR count). The molecule has 1 aliphatic rings. The molecule has 2 aromatic carbocycles. The van der Waals surface area contributed by atoms with Crippen LogP contribution in [0.15, 0.2) is 58.8 Å². The molecule has 34 heavy (non-hydrogen) atoms. The zero-order chi connectivity index (χ0) is 25.2. The largest absolute Gasteiger partial charge is 0.440 e. The number of imide groups is 1. The standard InChI is InChI=1S/C22H19F4N5O3/c1-4-28-20(27)29-13(3)34-17-5-6-18(12(2)7-17)31-19(32)11-30(21(31)33)16-9-14(22(24,25)26)8-15(23)10-16/h4-10H,3,11H2,1-2H3,(H2,27,29)/b28-4-. The van der Waals surface area contributed by atoms with Gasteiger partial charge in [0, 0.05) is 11.9 Å². The van der Waals surface area contributed by atoms with Crippen LogP contribution in [0.25, 0.3) is 0 Å². The molecule has 0 aliphatic carbocycles. The van der Waals surface area contributed by atoms with Crippen LogP contribution in [0.5, 0.6) is 5.75 Å². The molecule has 0 radical (unpaired) electrons. The molecule has 12 heteroatoms. The lowest BCUT2D eigenvalue weighted by Crippen LogP contribution is -2.33. The summed E-state index contributed by atoms with van der Waals surface area (Å²) in [6, 6.07) is 5.13. The van der Waals surface area contributed by atoms with Gasteiger partial charge in [-0.15, -0.1) is 0 Å². The number of amides is 3. The third kappa shape index (κ3) is 5.22. The number of hydrogen-bond acceptors (Lipinski definition) is 4. The fourth-order valence-corrected chi connectivity index (χ4v) is 3.22. The van der Waals surface area contributed by atoms with E-state index in [2.05, 4.69) is 16.6 Å². The molecular weight excluding hydrogens is 458 g/mol. The van der Waals surface area contributed by atoms with Crippen LogP contribution in [-0.4, -0.2) is 30.7 Å². The van der Waals surface area contributed by atoms with Gasteiger partial charge in [0.1, 0.15) is 18.1 Å². The lowest BCUT2D eigenvalue weighted by atomic mass is 10.1.